The van der Waals surface area contributed by atoms with Crippen LogP contribution in [-0.4, -0.2) is 0 Å². The molecule has 2 rings (SSSR count). The van der Waals surface area contributed by atoms with Crippen LogP contribution in [0, 0.1) is 6.92 Å². The minimum Gasteiger partial charge on any atom is -0.465 e. The fourth-order valence-electron chi connectivity index (χ4n) is 1.99. The summed E-state index contributed by atoms with van der Waals surface area (Å²) in [5, 5.41) is 4.27. The van der Waals surface area contributed by atoms with E-state index >= 15 is 0 Å². The molecule has 0 aliphatic rings. The third-order valence-corrected chi connectivity index (χ3v) is 3.31. The highest BCUT2D eigenvalue weighted by Gasteiger charge is 2.13. The lowest BCUT2D eigenvalue weighted by molar-refractivity contribution is 0.392. The maximum atomic E-state index is 5.89. The van der Waals surface area contributed by atoms with E-state index in [1.807, 2.05) is 43.3 Å². The smallest absolute Gasteiger partial charge is 0.120 e. The van der Waals surface area contributed by atoms with Gasteiger partial charge in [-0.1, -0.05) is 23.7 Å². The van der Waals surface area contributed by atoms with Crippen molar-refractivity contribution >= 4 is 11.6 Å². The van der Waals surface area contributed by atoms with Crippen molar-refractivity contribution in [2.24, 2.45) is 0 Å². The Balaban J connectivity index is 2.02. The molecular formula is C15H18ClNO. The van der Waals surface area contributed by atoms with Gasteiger partial charge in [0.2, 0.25) is 0 Å². The van der Waals surface area contributed by atoms with E-state index in [1.54, 1.807) is 0 Å². The molecule has 0 spiro atoms. The molecule has 0 amide bonds. The molecule has 0 aliphatic heterocycles. The molecule has 1 N–H and O–H groups in total. The predicted molar refractivity (Wildman–Crippen MR) is 74.9 cm³/mol. The summed E-state index contributed by atoms with van der Waals surface area (Å²) in [7, 11) is 0. The van der Waals surface area contributed by atoms with Crippen LogP contribution in [0.25, 0.3) is 0 Å². The molecule has 2 unspecified atom stereocenters. The first-order chi connectivity index (χ1) is 8.56. The van der Waals surface area contributed by atoms with Gasteiger partial charge >= 0.3 is 0 Å². The van der Waals surface area contributed by atoms with Gasteiger partial charge in [0.05, 0.1) is 6.04 Å². The van der Waals surface area contributed by atoms with Gasteiger partial charge in [-0.3, -0.25) is 0 Å². The Labute approximate surface area is 113 Å². The first kappa shape index (κ1) is 13.2. The van der Waals surface area contributed by atoms with Crippen molar-refractivity contribution in [2.75, 3.05) is 0 Å². The molecule has 1 aromatic heterocycles. The van der Waals surface area contributed by atoms with Gasteiger partial charge in [0, 0.05) is 11.1 Å². The minimum atomic E-state index is 0.185. The summed E-state index contributed by atoms with van der Waals surface area (Å²) in [5.74, 6) is 1.91. The van der Waals surface area contributed by atoms with E-state index in [4.69, 9.17) is 16.0 Å². The SMILES string of the molecule is Cc1ccc(C(C)NC(C)c2ccc(Cl)cc2)o1. The standard InChI is InChI=1S/C15H18ClNO/c1-10-4-9-15(18-10)12(3)17-11(2)13-5-7-14(16)8-6-13/h4-9,11-12,17H,1-3H3. The number of furan rings is 1. The van der Waals surface area contributed by atoms with E-state index in [0.29, 0.717) is 0 Å². The fourth-order valence-corrected chi connectivity index (χ4v) is 2.12. The normalized spacial score (nSPS) is 14.4. The zero-order valence-electron chi connectivity index (χ0n) is 10.9. The molecule has 96 valence electrons. The van der Waals surface area contributed by atoms with Gasteiger partial charge in [-0.05, 0) is 50.6 Å². The van der Waals surface area contributed by atoms with Crippen LogP contribution in [0.3, 0.4) is 0 Å². The summed E-state index contributed by atoms with van der Waals surface area (Å²) in [6.45, 7) is 6.19. The van der Waals surface area contributed by atoms with Crippen molar-refractivity contribution in [1.82, 2.24) is 5.32 Å². The highest BCUT2D eigenvalue weighted by molar-refractivity contribution is 6.30. The molecule has 18 heavy (non-hydrogen) atoms. The molecule has 0 aliphatic carbocycles. The topological polar surface area (TPSA) is 25.2 Å². The average molecular weight is 264 g/mol. The fraction of sp³-hybridized carbons (Fsp3) is 0.333. The number of aryl methyl sites for hydroxylation is 1. The Kier molecular flexibility index (Phi) is 4.10. The van der Waals surface area contributed by atoms with Gasteiger partial charge in [0.15, 0.2) is 0 Å². The quantitative estimate of drug-likeness (QED) is 0.868. The minimum absolute atomic E-state index is 0.185. The Morgan fingerprint density at radius 3 is 2.22 bits per heavy atom. The van der Waals surface area contributed by atoms with Crippen LogP contribution >= 0.6 is 11.6 Å². The number of rotatable bonds is 4. The molecule has 0 radical (unpaired) electrons. The third-order valence-electron chi connectivity index (χ3n) is 3.06. The predicted octanol–water partition coefficient (Wildman–Crippen LogP) is 4.65. The molecule has 0 bridgehead atoms. The van der Waals surface area contributed by atoms with E-state index in [-0.39, 0.29) is 12.1 Å². The second-order valence-corrected chi connectivity index (χ2v) is 5.05. The average Bonchev–Trinajstić information content (AvgIpc) is 2.76. The summed E-state index contributed by atoms with van der Waals surface area (Å²) >= 11 is 5.89. The van der Waals surface area contributed by atoms with Crippen LogP contribution < -0.4 is 5.32 Å². The highest BCUT2D eigenvalue weighted by atomic mass is 35.5. The molecule has 3 heteroatoms. The first-order valence-electron chi connectivity index (χ1n) is 6.14. The van der Waals surface area contributed by atoms with E-state index in [0.717, 1.165) is 16.5 Å². The number of hydrogen-bond donors (Lipinski definition) is 1. The lowest BCUT2D eigenvalue weighted by Crippen LogP contribution is -2.22. The van der Waals surface area contributed by atoms with Crippen LogP contribution in [0.2, 0.25) is 5.02 Å². The monoisotopic (exact) mass is 263 g/mol. The van der Waals surface area contributed by atoms with Gasteiger partial charge in [-0.2, -0.15) is 0 Å². The summed E-state index contributed by atoms with van der Waals surface area (Å²) in [4.78, 5) is 0. The van der Waals surface area contributed by atoms with Gasteiger partial charge in [-0.25, -0.2) is 0 Å². The van der Waals surface area contributed by atoms with E-state index in [9.17, 15) is 0 Å². The molecule has 2 atom stereocenters. The van der Waals surface area contributed by atoms with E-state index in [1.165, 1.54) is 5.56 Å². The van der Waals surface area contributed by atoms with E-state index < -0.39 is 0 Å². The molecule has 1 aromatic carbocycles. The van der Waals surface area contributed by atoms with E-state index in [2.05, 4.69) is 19.2 Å². The number of nitrogens with one attached hydrogen (secondary N) is 1. The second kappa shape index (κ2) is 5.59. The lowest BCUT2D eigenvalue weighted by Gasteiger charge is -2.19. The number of hydrogen-bond acceptors (Lipinski definition) is 2. The van der Waals surface area contributed by atoms with Crippen LogP contribution in [0.1, 0.15) is 43.0 Å². The Morgan fingerprint density at radius 2 is 1.67 bits per heavy atom. The van der Waals surface area contributed by atoms with Gasteiger partial charge < -0.3 is 9.73 Å². The molecule has 0 saturated heterocycles. The zero-order valence-corrected chi connectivity index (χ0v) is 11.7. The lowest BCUT2D eigenvalue weighted by atomic mass is 10.1. The largest absolute Gasteiger partial charge is 0.465 e. The number of halogens is 1. The molecular weight excluding hydrogens is 246 g/mol. The highest BCUT2D eigenvalue weighted by Crippen LogP contribution is 2.22. The van der Waals surface area contributed by atoms with Crippen LogP contribution in [0.15, 0.2) is 40.8 Å². The van der Waals surface area contributed by atoms with Crippen molar-refractivity contribution in [3.63, 3.8) is 0 Å². The van der Waals surface area contributed by atoms with Gasteiger partial charge in [-0.15, -0.1) is 0 Å². The molecule has 1 heterocycles. The maximum Gasteiger partial charge on any atom is 0.120 e. The van der Waals surface area contributed by atoms with Crippen molar-refractivity contribution in [1.29, 1.82) is 0 Å². The molecule has 2 aromatic rings. The van der Waals surface area contributed by atoms with Crippen molar-refractivity contribution in [3.8, 4) is 0 Å². The van der Waals surface area contributed by atoms with Crippen LogP contribution in [0.4, 0.5) is 0 Å². The maximum absolute atomic E-state index is 5.89. The van der Waals surface area contributed by atoms with Crippen molar-refractivity contribution in [3.05, 3.63) is 58.5 Å². The first-order valence-corrected chi connectivity index (χ1v) is 6.52. The Hall–Kier alpha value is -1.25. The summed E-state index contributed by atoms with van der Waals surface area (Å²) in [6, 6.07) is 12.3. The third kappa shape index (κ3) is 3.15. The van der Waals surface area contributed by atoms with Crippen LogP contribution in [-0.2, 0) is 0 Å². The summed E-state index contributed by atoms with van der Waals surface area (Å²) in [5.41, 5.74) is 1.22. The van der Waals surface area contributed by atoms with Crippen molar-refractivity contribution in [2.45, 2.75) is 32.9 Å². The molecule has 2 nitrogen and oxygen atoms in total. The van der Waals surface area contributed by atoms with Crippen molar-refractivity contribution < 1.29 is 4.42 Å². The van der Waals surface area contributed by atoms with Gasteiger partial charge in [0.25, 0.3) is 0 Å². The summed E-state index contributed by atoms with van der Waals surface area (Å²) in [6.07, 6.45) is 0. The zero-order chi connectivity index (χ0) is 13.1. The Morgan fingerprint density at radius 1 is 1.00 bits per heavy atom. The number of benzene rings is 1. The summed E-state index contributed by atoms with van der Waals surface area (Å²) < 4.78 is 5.62. The van der Waals surface area contributed by atoms with Crippen LogP contribution in [0.5, 0.6) is 0 Å². The Bertz CT molecular complexity index is 503. The molecule has 0 saturated carbocycles. The van der Waals surface area contributed by atoms with Gasteiger partial charge in [0.1, 0.15) is 11.5 Å². The molecule has 0 fully saturated rings. The second-order valence-electron chi connectivity index (χ2n) is 4.61.